The molecule has 0 aliphatic heterocycles. The third kappa shape index (κ3) is 8.66. The van der Waals surface area contributed by atoms with Gasteiger partial charge in [0.2, 0.25) is 0 Å². The van der Waals surface area contributed by atoms with Crippen LogP contribution in [0.3, 0.4) is 0 Å². The number of unbranched alkanes of at least 4 members (excludes halogenated alkanes) is 3. The van der Waals surface area contributed by atoms with Crippen molar-refractivity contribution in [2.24, 2.45) is 10.2 Å². The highest BCUT2D eigenvalue weighted by Gasteiger charge is 2.21. The summed E-state index contributed by atoms with van der Waals surface area (Å²) in [7, 11) is -4.60. The van der Waals surface area contributed by atoms with Crippen LogP contribution in [-0.4, -0.2) is 48.1 Å². The number of aromatic hydroxyl groups is 2. The Morgan fingerprint density at radius 3 is 2.20 bits per heavy atom. The molecule has 0 saturated heterocycles. The number of carbonyl (C=O) groups excluding carboxylic acids is 2. The number of ketones is 1. The number of rotatable bonds is 14. The van der Waals surface area contributed by atoms with Gasteiger partial charge < -0.3 is 19.7 Å². The second kappa shape index (κ2) is 15.5. The van der Waals surface area contributed by atoms with Gasteiger partial charge in [-0.1, -0.05) is 60.7 Å². The molecule has 0 atom stereocenters. The fraction of sp³-hybridized carbons (Fsp3) is 0.189. The van der Waals surface area contributed by atoms with Crippen molar-refractivity contribution in [1.82, 2.24) is 0 Å². The summed E-state index contributed by atoms with van der Waals surface area (Å²) in [5, 5.41) is 30.5. The van der Waals surface area contributed by atoms with Crippen molar-refractivity contribution in [3.05, 3.63) is 119 Å². The van der Waals surface area contributed by atoms with Crippen LogP contribution in [0.25, 0.3) is 10.8 Å². The van der Waals surface area contributed by atoms with E-state index in [9.17, 15) is 32.8 Å². The second-order valence-electron chi connectivity index (χ2n) is 11.3. The van der Waals surface area contributed by atoms with Gasteiger partial charge in [0, 0.05) is 17.0 Å². The van der Waals surface area contributed by atoms with Crippen LogP contribution >= 0.6 is 0 Å². The molecule has 0 aromatic heterocycles. The molecule has 0 amide bonds. The SMILES string of the molecule is Cc1ccc(N=Nc2c(O)c(C(=O)OCCCCCCOc3ccc(C(=O)c4ccccc4)c(O)c3)cc3ccccc23)c(S(=O)(=O)O)c1. The Kier molecular flexibility index (Phi) is 11.0. The Hall–Kier alpha value is -5.59. The first-order valence-electron chi connectivity index (χ1n) is 15.5. The Morgan fingerprint density at radius 1 is 0.755 bits per heavy atom. The average molecular weight is 683 g/mol. The predicted molar refractivity (Wildman–Crippen MR) is 183 cm³/mol. The molecule has 11 nitrogen and oxygen atoms in total. The molecule has 0 aliphatic rings. The minimum Gasteiger partial charge on any atom is -0.507 e. The second-order valence-corrected chi connectivity index (χ2v) is 12.7. The lowest BCUT2D eigenvalue weighted by Gasteiger charge is -2.11. The third-order valence-corrected chi connectivity index (χ3v) is 8.54. The highest BCUT2D eigenvalue weighted by molar-refractivity contribution is 7.86. The molecule has 0 radical (unpaired) electrons. The zero-order chi connectivity index (χ0) is 35.0. The van der Waals surface area contributed by atoms with Crippen molar-refractivity contribution in [1.29, 1.82) is 0 Å². The number of phenols is 2. The van der Waals surface area contributed by atoms with E-state index in [4.69, 9.17) is 9.47 Å². The van der Waals surface area contributed by atoms with Gasteiger partial charge >= 0.3 is 5.97 Å². The minimum atomic E-state index is -4.60. The zero-order valence-electron chi connectivity index (χ0n) is 26.6. The summed E-state index contributed by atoms with van der Waals surface area (Å²) in [6.07, 6.45) is 2.79. The molecule has 0 saturated carbocycles. The molecule has 252 valence electrons. The number of azo groups is 1. The first-order chi connectivity index (χ1) is 23.5. The molecule has 0 unspecified atom stereocenters. The normalized spacial score (nSPS) is 11.6. The first kappa shape index (κ1) is 34.7. The number of hydrogen-bond donors (Lipinski definition) is 3. The van der Waals surface area contributed by atoms with Gasteiger partial charge in [-0.2, -0.15) is 8.42 Å². The minimum absolute atomic E-state index is 0.0577. The van der Waals surface area contributed by atoms with Crippen molar-refractivity contribution in [2.45, 2.75) is 37.5 Å². The van der Waals surface area contributed by atoms with Crippen molar-refractivity contribution in [3.63, 3.8) is 0 Å². The van der Waals surface area contributed by atoms with E-state index in [1.165, 1.54) is 30.3 Å². The number of aryl methyl sites for hydroxylation is 1. The van der Waals surface area contributed by atoms with E-state index < -0.39 is 26.7 Å². The largest absolute Gasteiger partial charge is 0.507 e. The van der Waals surface area contributed by atoms with E-state index in [0.29, 0.717) is 47.1 Å². The van der Waals surface area contributed by atoms with E-state index in [-0.39, 0.29) is 40.6 Å². The highest BCUT2D eigenvalue weighted by atomic mass is 32.2. The van der Waals surface area contributed by atoms with E-state index >= 15 is 0 Å². The third-order valence-electron chi connectivity index (χ3n) is 7.66. The topological polar surface area (TPSA) is 172 Å². The molecule has 5 aromatic carbocycles. The molecule has 12 heteroatoms. The number of esters is 1. The molecule has 49 heavy (non-hydrogen) atoms. The van der Waals surface area contributed by atoms with Crippen LogP contribution in [0.15, 0.2) is 112 Å². The molecule has 0 fully saturated rings. The van der Waals surface area contributed by atoms with Crippen molar-refractivity contribution < 1.29 is 42.2 Å². The van der Waals surface area contributed by atoms with Crippen molar-refractivity contribution >= 4 is 44.0 Å². The van der Waals surface area contributed by atoms with Crippen LogP contribution in [0.4, 0.5) is 11.4 Å². The average Bonchev–Trinajstić information content (AvgIpc) is 3.09. The summed E-state index contributed by atoms with van der Waals surface area (Å²) in [5.41, 5.74) is 0.940. The standard InChI is InChI=1S/C37H34N2O9S/c1-24-15-18-31(33(21-24)49(44,45)46)38-39-34-28-14-8-7-13-26(28)22-30(36(34)42)37(43)48-20-10-3-2-9-19-47-27-16-17-29(32(40)23-27)35(41)25-11-5-4-6-12-25/h4-8,11-18,21-23,40,42H,2-3,9-10,19-20H2,1H3,(H,44,45,46). The summed E-state index contributed by atoms with van der Waals surface area (Å²) in [6, 6.07) is 25.9. The van der Waals surface area contributed by atoms with Crippen molar-refractivity contribution in [3.8, 4) is 17.2 Å². The molecule has 0 aliphatic carbocycles. The van der Waals surface area contributed by atoms with Gasteiger partial charge in [0.1, 0.15) is 33.3 Å². The molecule has 5 rings (SSSR count). The summed E-state index contributed by atoms with van der Waals surface area (Å²) in [6.45, 7) is 2.15. The Morgan fingerprint density at radius 2 is 1.47 bits per heavy atom. The summed E-state index contributed by atoms with van der Waals surface area (Å²) >= 11 is 0. The van der Waals surface area contributed by atoms with Crippen LogP contribution < -0.4 is 4.74 Å². The van der Waals surface area contributed by atoms with Gasteiger partial charge in [-0.05, 0) is 73.9 Å². The van der Waals surface area contributed by atoms with Gasteiger partial charge in [-0.3, -0.25) is 9.35 Å². The lowest BCUT2D eigenvalue weighted by molar-refractivity contribution is 0.0494. The Balaban J connectivity index is 1.13. The van der Waals surface area contributed by atoms with E-state index in [1.54, 1.807) is 67.6 Å². The molecule has 3 N–H and O–H groups in total. The van der Waals surface area contributed by atoms with Crippen LogP contribution in [0.5, 0.6) is 17.2 Å². The molecular formula is C37H34N2O9S. The summed E-state index contributed by atoms with van der Waals surface area (Å²) in [5.74, 6) is -1.22. The number of carbonyl (C=O) groups is 2. The lowest BCUT2D eigenvalue weighted by Crippen LogP contribution is -2.07. The fourth-order valence-electron chi connectivity index (χ4n) is 5.12. The maximum absolute atomic E-state index is 13.0. The molecule has 0 bridgehead atoms. The molecule has 0 heterocycles. The first-order valence-corrected chi connectivity index (χ1v) is 16.9. The van der Waals surface area contributed by atoms with E-state index in [0.717, 1.165) is 12.8 Å². The smallest absolute Gasteiger partial charge is 0.342 e. The Labute approximate surface area is 283 Å². The fourth-order valence-corrected chi connectivity index (χ4v) is 5.83. The molecule has 5 aromatic rings. The van der Waals surface area contributed by atoms with Crippen LogP contribution in [0.1, 0.15) is 57.5 Å². The maximum atomic E-state index is 13.0. The van der Waals surface area contributed by atoms with Crippen LogP contribution in [0.2, 0.25) is 0 Å². The van der Waals surface area contributed by atoms with Gasteiger partial charge in [0.05, 0.1) is 18.8 Å². The maximum Gasteiger partial charge on any atom is 0.342 e. The number of benzene rings is 5. The lowest BCUT2D eigenvalue weighted by atomic mass is 10.0. The van der Waals surface area contributed by atoms with Gasteiger partial charge in [0.25, 0.3) is 10.1 Å². The van der Waals surface area contributed by atoms with Gasteiger partial charge in [-0.15, -0.1) is 10.2 Å². The summed E-state index contributed by atoms with van der Waals surface area (Å²) in [4.78, 5) is 25.2. The van der Waals surface area contributed by atoms with Crippen molar-refractivity contribution in [2.75, 3.05) is 13.2 Å². The summed E-state index contributed by atoms with van der Waals surface area (Å²) < 4.78 is 44.6. The predicted octanol–water partition coefficient (Wildman–Crippen LogP) is 8.25. The highest BCUT2D eigenvalue weighted by Crippen LogP contribution is 2.40. The Bertz CT molecular complexity index is 2130. The van der Waals surface area contributed by atoms with Gasteiger partial charge in [-0.25, -0.2) is 4.79 Å². The molecule has 0 spiro atoms. The van der Waals surface area contributed by atoms with Gasteiger partial charge in [0.15, 0.2) is 11.5 Å². The molecular weight excluding hydrogens is 648 g/mol. The number of ether oxygens (including phenoxy) is 2. The van der Waals surface area contributed by atoms with E-state index in [1.807, 2.05) is 6.07 Å². The van der Waals surface area contributed by atoms with E-state index in [2.05, 4.69) is 10.2 Å². The monoisotopic (exact) mass is 682 g/mol. The number of fused-ring (bicyclic) bond motifs is 1. The quantitative estimate of drug-likeness (QED) is 0.0343. The van der Waals surface area contributed by atoms with Crippen LogP contribution in [0, 0.1) is 6.92 Å². The number of nitrogens with zero attached hydrogens (tertiary/aromatic N) is 2. The van der Waals surface area contributed by atoms with Crippen LogP contribution in [-0.2, 0) is 14.9 Å². The number of hydrogen-bond acceptors (Lipinski definition) is 10. The zero-order valence-corrected chi connectivity index (χ0v) is 27.4. The number of phenolic OH excluding ortho intramolecular Hbond substituents is 2.